The average molecular weight is 345 g/mol. The van der Waals surface area contributed by atoms with E-state index in [-0.39, 0.29) is 11.9 Å². The summed E-state index contributed by atoms with van der Waals surface area (Å²) in [4.78, 5) is 17.3. The van der Waals surface area contributed by atoms with E-state index in [0.29, 0.717) is 31.3 Å². The Morgan fingerprint density at radius 3 is 2.88 bits per heavy atom. The summed E-state index contributed by atoms with van der Waals surface area (Å²) in [6.45, 7) is 2.68. The number of carbonyl (C=O) groups is 1. The van der Waals surface area contributed by atoms with Crippen LogP contribution in [0.2, 0.25) is 0 Å². The number of ether oxygens (including phenoxy) is 1. The van der Waals surface area contributed by atoms with Gasteiger partial charge in [0.25, 0.3) is 0 Å². The number of cyclic esters (lactones) is 1. The van der Waals surface area contributed by atoms with Crippen molar-refractivity contribution in [1.82, 2.24) is 14.5 Å². The molecule has 5 nitrogen and oxygen atoms in total. The Kier molecular flexibility index (Phi) is 4.85. The van der Waals surface area contributed by atoms with E-state index in [1.807, 2.05) is 7.05 Å². The molecule has 1 fully saturated rings. The number of hydrogen-bond acceptors (Lipinski definition) is 4. The lowest BCUT2D eigenvalue weighted by atomic mass is 9.98. The molecule has 1 saturated heterocycles. The van der Waals surface area contributed by atoms with Crippen LogP contribution in [0.5, 0.6) is 0 Å². The summed E-state index contributed by atoms with van der Waals surface area (Å²) in [5.41, 5.74) is -0.800. The number of fused-ring (bicyclic) bond motifs is 1. The molecule has 0 aliphatic carbocycles. The van der Waals surface area contributed by atoms with Crippen LogP contribution in [0, 0.1) is 11.8 Å². The normalized spacial score (nSPS) is 24.3. The number of imidazole rings is 1. The number of rotatable bonds is 5. The predicted octanol–water partition coefficient (Wildman–Crippen LogP) is 2.35. The largest absolute Gasteiger partial charge is 0.465 e. The molecule has 0 aromatic carbocycles. The highest BCUT2D eigenvalue weighted by atomic mass is 19.4. The van der Waals surface area contributed by atoms with E-state index >= 15 is 0 Å². The second kappa shape index (κ2) is 6.74. The number of aromatic nitrogens is 2. The van der Waals surface area contributed by atoms with Gasteiger partial charge in [0, 0.05) is 25.7 Å². The third-order valence-electron chi connectivity index (χ3n) is 4.85. The topological polar surface area (TPSA) is 47.4 Å². The Bertz CT molecular complexity index is 600. The molecule has 0 radical (unpaired) electrons. The number of esters is 1. The highest BCUT2D eigenvalue weighted by Crippen LogP contribution is 2.30. The van der Waals surface area contributed by atoms with Gasteiger partial charge in [0.05, 0.1) is 12.5 Å². The van der Waals surface area contributed by atoms with Crippen molar-refractivity contribution in [1.29, 1.82) is 0 Å². The van der Waals surface area contributed by atoms with Crippen molar-refractivity contribution in [3.63, 3.8) is 0 Å². The van der Waals surface area contributed by atoms with Crippen LogP contribution in [-0.4, -0.2) is 47.2 Å². The van der Waals surface area contributed by atoms with Crippen molar-refractivity contribution < 1.29 is 22.7 Å². The van der Waals surface area contributed by atoms with Crippen LogP contribution in [0.25, 0.3) is 0 Å². The summed E-state index contributed by atoms with van der Waals surface area (Å²) in [7, 11) is 1.99. The number of carbonyl (C=O) groups excluding carboxylic acids is 1. The highest BCUT2D eigenvalue weighted by molar-refractivity contribution is 5.74. The summed E-state index contributed by atoms with van der Waals surface area (Å²) < 4.78 is 44.8. The van der Waals surface area contributed by atoms with Gasteiger partial charge < -0.3 is 14.2 Å². The van der Waals surface area contributed by atoms with Gasteiger partial charge in [0.15, 0.2) is 5.69 Å². The predicted molar refractivity (Wildman–Crippen MR) is 80.2 cm³/mol. The maximum Gasteiger partial charge on any atom is 0.434 e. The third-order valence-corrected chi connectivity index (χ3v) is 4.85. The second-order valence-electron chi connectivity index (χ2n) is 6.80. The summed E-state index contributed by atoms with van der Waals surface area (Å²) in [6.07, 6.45) is -0.290. The molecule has 0 amide bonds. The maximum absolute atomic E-state index is 12.7. The van der Waals surface area contributed by atoms with Crippen molar-refractivity contribution in [3.05, 3.63) is 17.7 Å². The molecule has 0 bridgehead atoms. The second-order valence-corrected chi connectivity index (χ2v) is 6.80. The molecule has 0 N–H and O–H groups in total. The third kappa shape index (κ3) is 3.91. The Labute approximate surface area is 138 Å². The molecule has 134 valence electrons. The molecule has 2 aliphatic rings. The first-order chi connectivity index (χ1) is 11.3. The molecule has 1 aromatic rings. The summed E-state index contributed by atoms with van der Waals surface area (Å²) in [5.74, 6) is 0.709. The van der Waals surface area contributed by atoms with Crippen LogP contribution >= 0.6 is 0 Å². The van der Waals surface area contributed by atoms with E-state index in [0.717, 1.165) is 38.5 Å². The fourth-order valence-corrected chi connectivity index (χ4v) is 3.51. The SMILES string of the molecule is CN(CC[C@H]1CCOC1=O)C[C@H]1CCc2nc(C(F)(F)F)cn2C1. The van der Waals surface area contributed by atoms with Gasteiger partial charge in [-0.05, 0) is 38.8 Å². The van der Waals surface area contributed by atoms with Gasteiger partial charge in [-0.2, -0.15) is 13.2 Å². The quantitative estimate of drug-likeness (QED) is 0.769. The van der Waals surface area contributed by atoms with Crippen LogP contribution in [0.15, 0.2) is 6.20 Å². The lowest BCUT2D eigenvalue weighted by Gasteiger charge is -2.28. The van der Waals surface area contributed by atoms with Gasteiger partial charge in [-0.1, -0.05) is 0 Å². The summed E-state index contributed by atoms with van der Waals surface area (Å²) in [5, 5.41) is 0. The van der Waals surface area contributed by atoms with Crippen molar-refractivity contribution in [2.24, 2.45) is 11.8 Å². The van der Waals surface area contributed by atoms with Gasteiger partial charge in [0.2, 0.25) is 0 Å². The Morgan fingerprint density at radius 2 is 2.21 bits per heavy atom. The smallest absolute Gasteiger partial charge is 0.434 e. The molecule has 24 heavy (non-hydrogen) atoms. The van der Waals surface area contributed by atoms with Crippen LogP contribution in [0.4, 0.5) is 13.2 Å². The molecule has 3 heterocycles. The zero-order chi connectivity index (χ0) is 17.3. The van der Waals surface area contributed by atoms with Crippen molar-refractivity contribution in [2.45, 2.75) is 38.4 Å². The minimum atomic E-state index is -4.38. The van der Waals surface area contributed by atoms with Crippen LogP contribution in [0.1, 0.15) is 30.8 Å². The number of alkyl halides is 3. The standard InChI is InChI=1S/C16H22F3N3O2/c1-21(6-4-12-5-7-24-15(12)23)8-11-2-3-14-20-13(16(17,18)19)10-22(14)9-11/h10-12H,2-9H2,1H3/t11-,12+/m1/s1. The molecule has 0 saturated carbocycles. The van der Waals surface area contributed by atoms with Crippen molar-refractivity contribution >= 4 is 5.97 Å². The molecule has 8 heteroatoms. The molecule has 3 rings (SSSR count). The van der Waals surface area contributed by atoms with Gasteiger partial charge >= 0.3 is 12.1 Å². The van der Waals surface area contributed by atoms with Gasteiger partial charge in [0.1, 0.15) is 5.82 Å². The molecular formula is C16H22F3N3O2. The maximum atomic E-state index is 12.7. The van der Waals surface area contributed by atoms with E-state index in [4.69, 9.17) is 4.74 Å². The minimum absolute atomic E-state index is 0.00611. The fraction of sp³-hybridized carbons (Fsp3) is 0.750. The van der Waals surface area contributed by atoms with E-state index in [1.54, 1.807) is 4.57 Å². The first-order valence-corrected chi connectivity index (χ1v) is 8.31. The Morgan fingerprint density at radius 1 is 1.42 bits per heavy atom. The van der Waals surface area contributed by atoms with E-state index in [1.165, 1.54) is 0 Å². The number of nitrogens with zero attached hydrogens (tertiary/aromatic N) is 3. The molecule has 2 aliphatic heterocycles. The Balaban J connectivity index is 1.50. The summed E-state index contributed by atoms with van der Waals surface area (Å²) in [6, 6.07) is 0. The average Bonchev–Trinajstić information content (AvgIpc) is 3.10. The first-order valence-electron chi connectivity index (χ1n) is 8.31. The van der Waals surface area contributed by atoms with E-state index < -0.39 is 11.9 Å². The fourth-order valence-electron chi connectivity index (χ4n) is 3.51. The van der Waals surface area contributed by atoms with Gasteiger partial charge in [-0.15, -0.1) is 0 Å². The van der Waals surface area contributed by atoms with Gasteiger partial charge in [-0.25, -0.2) is 4.98 Å². The van der Waals surface area contributed by atoms with Crippen molar-refractivity contribution in [3.8, 4) is 0 Å². The van der Waals surface area contributed by atoms with E-state index in [2.05, 4.69) is 9.88 Å². The lowest BCUT2D eigenvalue weighted by molar-refractivity contribution is -0.142. The zero-order valence-corrected chi connectivity index (χ0v) is 13.7. The van der Waals surface area contributed by atoms with Crippen LogP contribution in [-0.2, 0) is 28.7 Å². The Hall–Kier alpha value is -1.57. The van der Waals surface area contributed by atoms with Crippen LogP contribution < -0.4 is 0 Å². The lowest BCUT2D eigenvalue weighted by Crippen LogP contribution is -2.33. The summed E-state index contributed by atoms with van der Waals surface area (Å²) >= 11 is 0. The van der Waals surface area contributed by atoms with Crippen molar-refractivity contribution in [2.75, 3.05) is 26.7 Å². The van der Waals surface area contributed by atoms with E-state index in [9.17, 15) is 18.0 Å². The van der Waals surface area contributed by atoms with Crippen LogP contribution in [0.3, 0.4) is 0 Å². The highest BCUT2D eigenvalue weighted by Gasteiger charge is 2.36. The minimum Gasteiger partial charge on any atom is -0.465 e. The monoisotopic (exact) mass is 345 g/mol. The number of halogens is 3. The molecular weight excluding hydrogens is 323 g/mol. The van der Waals surface area contributed by atoms with Gasteiger partial charge in [-0.3, -0.25) is 4.79 Å². The first kappa shape index (κ1) is 17.3. The molecule has 0 spiro atoms. The molecule has 1 aromatic heterocycles. The number of hydrogen-bond donors (Lipinski definition) is 0. The zero-order valence-electron chi connectivity index (χ0n) is 13.7. The number of aryl methyl sites for hydroxylation is 1. The molecule has 0 unspecified atom stereocenters. The molecule has 2 atom stereocenters.